The fraction of sp³-hybridized carbons (Fsp3) is 0.385. The third-order valence-electron chi connectivity index (χ3n) is 7.13. The summed E-state index contributed by atoms with van der Waals surface area (Å²) in [7, 11) is 1.67. The minimum absolute atomic E-state index is 0.0678. The Balaban J connectivity index is 1.54. The van der Waals surface area contributed by atoms with Crippen LogP contribution in [-0.4, -0.2) is 53.3 Å². The molecule has 2 atom stereocenters. The lowest BCUT2D eigenvalue weighted by atomic mass is 9.94. The van der Waals surface area contributed by atoms with E-state index < -0.39 is 11.6 Å². The van der Waals surface area contributed by atoms with E-state index in [-0.39, 0.29) is 68.8 Å². The summed E-state index contributed by atoms with van der Waals surface area (Å²) in [5.74, 6) is -0.862. The predicted octanol–water partition coefficient (Wildman–Crippen LogP) is 3.87. The number of benzene rings is 1. The summed E-state index contributed by atoms with van der Waals surface area (Å²) >= 11 is 0.944. The topological polar surface area (TPSA) is 122 Å². The van der Waals surface area contributed by atoms with Crippen LogP contribution in [0.2, 0.25) is 0 Å². The van der Waals surface area contributed by atoms with Crippen molar-refractivity contribution in [2.45, 2.75) is 45.2 Å². The van der Waals surface area contributed by atoms with Crippen molar-refractivity contribution in [3.63, 3.8) is 0 Å². The number of aromatic nitrogens is 3. The molecule has 0 aliphatic carbocycles. The van der Waals surface area contributed by atoms with E-state index in [9.17, 15) is 9.65 Å². The van der Waals surface area contributed by atoms with E-state index in [2.05, 4.69) is 34.1 Å². The summed E-state index contributed by atoms with van der Waals surface area (Å²) in [6, 6.07) is 2.36. The molecule has 3 N–H and O–H groups in total. The summed E-state index contributed by atoms with van der Waals surface area (Å²) in [6.45, 7) is 5.69. The fourth-order valence-electron chi connectivity index (χ4n) is 5.46. The van der Waals surface area contributed by atoms with E-state index in [0.717, 1.165) is 23.1 Å². The van der Waals surface area contributed by atoms with Gasteiger partial charge in [0, 0.05) is 48.8 Å². The van der Waals surface area contributed by atoms with E-state index >= 15 is 4.39 Å². The molecule has 3 aromatic heterocycles. The van der Waals surface area contributed by atoms with Crippen molar-refractivity contribution < 1.29 is 18.3 Å². The van der Waals surface area contributed by atoms with Crippen molar-refractivity contribution in [3.05, 3.63) is 40.7 Å². The minimum Gasteiger partial charge on any atom is -0.389 e. The molecule has 2 aliphatic rings. The molecule has 6 rings (SSSR count). The first-order valence-corrected chi connectivity index (χ1v) is 13.0. The highest BCUT2D eigenvalue weighted by atomic mass is 32.1. The summed E-state index contributed by atoms with van der Waals surface area (Å²) < 4.78 is 42.7. The highest BCUT2D eigenvalue weighted by Crippen LogP contribution is 2.45. The SMILES string of the molecule is CO[C@H]1CN(c2ncc3c4c(c(-c5ncc(F)c6sc(N)c(C#N)c56)c(F)c3n2)COC4)C[C@H]1NC(C)C. The molecule has 0 bridgehead atoms. The van der Waals surface area contributed by atoms with Gasteiger partial charge in [-0.15, -0.1) is 11.3 Å². The maximum Gasteiger partial charge on any atom is 0.226 e. The van der Waals surface area contributed by atoms with Crippen LogP contribution in [0.1, 0.15) is 30.5 Å². The minimum atomic E-state index is -0.624. The quantitative estimate of drug-likeness (QED) is 0.391. The van der Waals surface area contributed by atoms with Crippen LogP contribution in [0.4, 0.5) is 19.7 Å². The Bertz CT molecular complexity index is 1630. The van der Waals surface area contributed by atoms with Gasteiger partial charge in [-0.05, 0) is 11.1 Å². The van der Waals surface area contributed by atoms with E-state index in [1.54, 1.807) is 13.3 Å². The molecule has 0 radical (unpaired) electrons. The van der Waals surface area contributed by atoms with Gasteiger partial charge in [-0.25, -0.2) is 18.7 Å². The van der Waals surface area contributed by atoms with Gasteiger partial charge in [0.25, 0.3) is 0 Å². The number of halogens is 2. The highest BCUT2D eigenvalue weighted by molar-refractivity contribution is 7.23. The molecule has 38 heavy (non-hydrogen) atoms. The van der Waals surface area contributed by atoms with Crippen LogP contribution in [0.25, 0.3) is 32.2 Å². The second kappa shape index (κ2) is 9.36. The first kappa shape index (κ1) is 24.8. The number of ether oxygens (including phenoxy) is 2. The molecule has 12 heteroatoms. The molecule has 5 heterocycles. The predicted molar refractivity (Wildman–Crippen MR) is 141 cm³/mol. The Morgan fingerprint density at radius 2 is 2.03 bits per heavy atom. The van der Waals surface area contributed by atoms with Gasteiger partial charge in [0.05, 0.1) is 47.5 Å². The van der Waals surface area contributed by atoms with Crippen LogP contribution < -0.4 is 16.0 Å². The van der Waals surface area contributed by atoms with E-state index in [4.69, 9.17) is 15.2 Å². The molecule has 1 aromatic carbocycles. The number of pyridine rings is 1. The lowest BCUT2D eigenvalue weighted by molar-refractivity contribution is 0.0946. The van der Waals surface area contributed by atoms with Gasteiger partial charge in [0.1, 0.15) is 16.6 Å². The molecule has 1 saturated heterocycles. The smallest absolute Gasteiger partial charge is 0.226 e. The van der Waals surface area contributed by atoms with E-state index in [0.29, 0.717) is 30.0 Å². The Morgan fingerprint density at radius 1 is 1.24 bits per heavy atom. The van der Waals surface area contributed by atoms with Crippen LogP contribution >= 0.6 is 11.3 Å². The Labute approximate surface area is 221 Å². The third kappa shape index (κ3) is 3.77. The number of nitrogens with one attached hydrogen (secondary N) is 1. The number of nitrogens with zero attached hydrogens (tertiary/aromatic N) is 5. The summed E-state index contributed by atoms with van der Waals surface area (Å²) in [5, 5.41) is 14.1. The van der Waals surface area contributed by atoms with Gasteiger partial charge in [-0.3, -0.25) is 4.98 Å². The van der Waals surface area contributed by atoms with Crippen molar-refractivity contribution in [1.29, 1.82) is 5.26 Å². The van der Waals surface area contributed by atoms with Crippen molar-refractivity contribution >= 4 is 43.3 Å². The number of anilines is 2. The van der Waals surface area contributed by atoms with Gasteiger partial charge >= 0.3 is 0 Å². The Kier molecular flexibility index (Phi) is 6.11. The second-order valence-corrected chi connectivity index (χ2v) is 10.8. The highest BCUT2D eigenvalue weighted by Gasteiger charge is 2.35. The number of hydrogen-bond acceptors (Lipinski definition) is 10. The number of hydrogen-bond donors (Lipinski definition) is 2. The molecule has 4 aromatic rings. The van der Waals surface area contributed by atoms with Crippen LogP contribution in [0.15, 0.2) is 12.4 Å². The molecule has 1 fully saturated rings. The Morgan fingerprint density at radius 3 is 2.76 bits per heavy atom. The number of nitrogen functional groups attached to an aromatic ring is 1. The van der Waals surface area contributed by atoms with Crippen LogP contribution in [0.5, 0.6) is 0 Å². The van der Waals surface area contributed by atoms with Crippen LogP contribution in [-0.2, 0) is 22.7 Å². The zero-order valence-corrected chi connectivity index (χ0v) is 21.8. The van der Waals surface area contributed by atoms with Crippen molar-refractivity contribution in [2.75, 3.05) is 30.8 Å². The Hall–Kier alpha value is -3.50. The van der Waals surface area contributed by atoms with Gasteiger partial charge in [-0.2, -0.15) is 5.26 Å². The largest absolute Gasteiger partial charge is 0.389 e. The zero-order valence-electron chi connectivity index (χ0n) is 21.0. The standard InChI is InChI=1S/C26H25F2N7O2S/c1-11(2)33-17-7-35(8-18(17)36-3)26-32-5-13-14-9-37-10-15(14)19(21(28)22(13)34-26)23-20-12(4-29)25(30)38-24(20)16(27)6-31-23/h5-6,11,17-18,33H,7-10,30H2,1-3H3/t17-,18+/m1/s1. The van der Waals surface area contributed by atoms with Crippen LogP contribution in [0, 0.1) is 23.0 Å². The molecular weight excluding hydrogens is 512 g/mol. The number of nitriles is 1. The molecule has 0 amide bonds. The molecule has 196 valence electrons. The second-order valence-electron chi connectivity index (χ2n) is 9.79. The monoisotopic (exact) mass is 537 g/mol. The number of nitrogens with two attached hydrogens (primary N) is 1. The first-order chi connectivity index (χ1) is 18.3. The average Bonchev–Trinajstić information content (AvgIpc) is 3.62. The summed E-state index contributed by atoms with van der Waals surface area (Å²) in [6.07, 6.45) is 2.58. The molecule has 2 aliphatic heterocycles. The van der Waals surface area contributed by atoms with Gasteiger partial charge in [-0.1, -0.05) is 13.8 Å². The molecule has 0 unspecified atom stereocenters. The normalized spacial score (nSPS) is 19.1. The number of methoxy groups -OCH3 is 1. The third-order valence-corrected chi connectivity index (χ3v) is 8.16. The average molecular weight is 538 g/mol. The number of fused-ring (bicyclic) bond motifs is 4. The van der Waals surface area contributed by atoms with Crippen molar-refractivity contribution in [2.24, 2.45) is 0 Å². The van der Waals surface area contributed by atoms with Crippen molar-refractivity contribution in [1.82, 2.24) is 20.3 Å². The number of rotatable bonds is 5. The zero-order chi connectivity index (χ0) is 26.7. The lowest BCUT2D eigenvalue weighted by Crippen LogP contribution is -2.43. The van der Waals surface area contributed by atoms with E-state index in [1.807, 2.05) is 11.0 Å². The molecule has 9 nitrogen and oxygen atoms in total. The summed E-state index contributed by atoms with van der Waals surface area (Å²) in [5.41, 5.74) is 7.83. The lowest BCUT2D eigenvalue weighted by Gasteiger charge is -2.20. The van der Waals surface area contributed by atoms with Crippen LogP contribution in [0.3, 0.4) is 0 Å². The van der Waals surface area contributed by atoms with Gasteiger partial charge in [0.2, 0.25) is 5.95 Å². The molecular formula is C26H25F2N7O2S. The van der Waals surface area contributed by atoms with E-state index in [1.165, 1.54) is 0 Å². The molecule has 0 spiro atoms. The fourth-order valence-corrected chi connectivity index (χ4v) is 6.38. The maximum absolute atomic E-state index is 16.5. The first-order valence-electron chi connectivity index (χ1n) is 12.2. The van der Waals surface area contributed by atoms with Crippen molar-refractivity contribution in [3.8, 4) is 17.3 Å². The molecule has 0 saturated carbocycles. The summed E-state index contributed by atoms with van der Waals surface area (Å²) in [4.78, 5) is 15.5. The maximum atomic E-state index is 16.5. The van der Waals surface area contributed by atoms with Gasteiger partial charge in [0.15, 0.2) is 11.6 Å². The number of thiophene rings is 1. The van der Waals surface area contributed by atoms with Gasteiger partial charge < -0.3 is 25.4 Å².